The lowest BCUT2D eigenvalue weighted by molar-refractivity contribution is -0.126. The highest BCUT2D eigenvalue weighted by Crippen LogP contribution is 2.25. The molecule has 0 bridgehead atoms. The molecule has 1 aromatic carbocycles. The summed E-state index contributed by atoms with van der Waals surface area (Å²) in [5.41, 5.74) is 4.11. The van der Waals surface area contributed by atoms with Crippen molar-refractivity contribution in [3.05, 3.63) is 52.9 Å². The molecule has 1 N–H and O–H groups in total. The van der Waals surface area contributed by atoms with E-state index in [0.29, 0.717) is 25.3 Å². The van der Waals surface area contributed by atoms with Gasteiger partial charge in [0, 0.05) is 61.4 Å². The molecule has 2 aromatic rings. The largest absolute Gasteiger partial charge is 0.508 e. The molecule has 31 heavy (non-hydrogen) atoms. The fourth-order valence-corrected chi connectivity index (χ4v) is 4.16. The zero-order valence-corrected chi connectivity index (χ0v) is 18.7. The maximum atomic E-state index is 12.8. The smallest absolute Gasteiger partial charge is 0.340 e. The molecule has 1 aliphatic heterocycles. The molecule has 0 saturated carbocycles. The van der Waals surface area contributed by atoms with Crippen LogP contribution in [0, 0.1) is 13.8 Å². The number of nitrogens with zero attached hydrogens (tertiary/aromatic N) is 3. The molecule has 1 aliphatic rings. The minimum absolute atomic E-state index is 0.0681. The van der Waals surface area contributed by atoms with Gasteiger partial charge in [0.15, 0.2) is 0 Å². The summed E-state index contributed by atoms with van der Waals surface area (Å²) in [6, 6.07) is 7.10. The van der Waals surface area contributed by atoms with E-state index in [0.717, 1.165) is 42.3 Å². The summed E-state index contributed by atoms with van der Waals surface area (Å²) < 4.78 is 7.31. The fraction of sp³-hybridized carbons (Fsp3) is 0.417. The molecule has 1 fully saturated rings. The van der Waals surface area contributed by atoms with Gasteiger partial charge >= 0.3 is 5.97 Å². The number of esters is 1. The quantitative estimate of drug-likeness (QED) is 0.567. The number of piperazine rings is 1. The number of carbonyl (C=O) groups excluding carboxylic acids is 2. The van der Waals surface area contributed by atoms with Crippen molar-refractivity contribution in [2.75, 3.05) is 37.7 Å². The molecule has 0 radical (unpaired) electrons. The lowest BCUT2D eigenvalue weighted by atomic mass is 10.1. The van der Waals surface area contributed by atoms with Crippen LogP contribution >= 0.6 is 0 Å². The Labute approximate surface area is 183 Å². The first-order chi connectivity index (χ1) is 14.9. The Bertz CT molecular complexity index is 968. The number of hydrogen-bond donors (Lipinski definition) is 1. The van der Waals surface area contributed by atoms with Crippen LogP contribution in [0.3, 0.4) is 0 Å². The van der Waals surface area contributed by atoms with Crippen LogP contribution in [0.2, 0.25) is 0 Å². The van der Waals surface area contributed by atoms with Crippen molar-refractivity contribution in [3.8, 4) is 5.75 Å². The predicted molar refractivity (Wildman–Crippen MR) is 121 cm³/mol. The number of aromatic hydroxyl groups is 1. The van der Waals surface area contributed by atoms with Gasteiger partial charge in [-0.05, 0) is 58.0 Å². The van der Waals surface area contributed by atoms with Gasteiger partial charge in [-0.15, -0.1) is 0 Å². The van der Waals surface area contributed by atoms with Crippen LogP contribution in [0.4, 0.5) is 5.69 Å². The van der Waals surface area contributed by atoms with E-state index in [1.807, 2.05) is 37.8 Å². The third-order valence-electron chi connectivity index (χ3n) is 5.83. The van der Waals surface area contributed by atoms with Gasteiger partial charge < -0.3 is 24.2 Å². The minimum Gasteiger partial charge on any atom is -0.508 e. The number of anilines is 1. The van der Waals surface area contributed by atoms with Crippen LogP contribution in [0.15, 0.2) is 30.3 Å². The number of rotatable bonds is 6. The zero-order valence-electron chi connectivity index (χ0n) is 18.7. The monoisotopic (exact) mass is 425 g/mol. The number of hydrogen-bond acceptors (Lipinski definition) is 5. The number of aromatic nitrogens is 1. The summed E-state index contributed by atoms with van der Waals surface area (Å²) >= 11 is 0. The van der Waals surface area contributed by atoms with Gasteiger partial charge in [0.1, 0.15) is 5.75 Å². The van der Waals surface area contributed by atoms with Crippen molar-refractivity contribution < 1.29 is 19.4 Å². The van der Waals surface area contributed by atoms with Crippen molar-refractivity contribution in [2.45, 2.75) is 34.2 Å². The third-order valence-corrected chi connectivity index (χ3v) is 5.83. The molecule has 0 unspecified atom stereocenters. The lowest BCUT2D eigenvalue weighted by Gasteiger charge is -2.35. The van der Waals surface area contributed by atoms with Crippen LogP contribution in [-0.4, -0.2) is 59.2 Å². The molecular formula is C24H31N3O4. The maximum absolute atomic E-state index is 12.8. The van der Waals surface area contributed by atoms with Gasteiger partial charge in [-0.25, -0.2) is 4.79 Å². The van der Waals surface area contributed by atoms with Gasteiger partial charge in [0.2, 0.25) is 5.91 Å². The Hall–Kier alpha value is -3.22. The van der Waals surface area contributed by atoms with Crippen LogP contribution in [0.1, 0.15) is 41.2 Å². The topological polar surface area (TPSA) is 75.0 Å². The molecule has 3 rings (SSSR count). The summed E-state index contributed by atoms with van der Waals surface area (Å²) in [6.45, 7) is 11.4. The van der Waals surface area contributed by atoms with Crippen LogP contribution in [0.25, 0.3) is 6.08 Å². The summed E-state index contributed by atoms with van der Waals surface area (Å²) in [5.74, 6) is -0.182. The van der Waals surface area contributed by atoms with E-state index >= 15 is 0 Å². The average molecular weight is 426 g/mol. The minimum atomic E-state index is -0.357. The van der Waals surface area contributed by atoms with Gasteiger partial charge in [-0.1, -0.05) is 0 Å². The van der Waals surface area contributed by atoms with Crippen molar-refractivity contribution in [3.63, 3.8) is 0 Å². The number of phenolic OH excluding ortho intramolecular Hbond substituents is 1. The van der Waals surface area contributed by atoms with E-state index in [1.54, 1.807) is 31.2 Å². The van der Waals surface area contributed by atoms with Crippen molar-refractivity contribution >= 4 is 23.6 Å². The van der Waals surface area contributed by atoms with Gasteiger partial charge in [-0.3, -0.25) is 4.79 Å². The molecule has 7 heteroatoms. The number of carbonyl (C=O) groups is 2. The molecule has 7 nitrogen and oxygen atoms in total. The highest BCUT2D eigenvalue weighted by atomic mass is 16.5. The Morgan fingerprint density at radius 2 is 1.68 bits per heavy atom. The Kier molecular flexibility index (Phi) is 7.05. The summed E-state index contributed by atoms with van der Waals surface area (Å²) in [6.07, 6.45) is 3.30. The summed E-state index contributed by atoms with van der Waals surface area (Å²) in [7, 11) is 0. The first kappa shape index (κ1) is 22.5. The van der Waals surface area contributed by atoms with E-state index in [4.69, 9.17) is 4.74 Å². The molecule has 2 heterocycles. The molecule has 1 aromatic heterocycles. The standard InChI is InChI=1S/C24H31N3O4/c1-5-27-17(3)21(23(18(27)4)24(30)31-6-2)11-12-22(29)26-15-13-25(14-16-26)19-7-9-20(28)10-8-19/h7-12,28H,5-6,13-16H2,1-4H3/b12-11+. The second-order valence-electron chi connectivity index (χ2n) is 7.59. The first-order valence-corrected chi connectivity index (χ1v) is 10.7. The highest BCUT2D eigenvalue weighted by molar-refractivity contribution is 5.99. The zero-order chi connectivity index (χ0) is 22.5. The molecule has 0 spiro atoms. The lowest BCUT2D eigenvalue weighted by Crippen LogP contribution is -2.48. The van der Waals surface area contributed by atoms with E-state index < -0.39 is 0 Å². The van der Waals surface area contributed by atoms with Crippen molar-refractivity contribution in [1.82, 2.24) is 9.47 Å². The SMILES string of the molecule is CCOC(=O)c1c(/C=C/C(=O)N2CCN(c3ccc(O)cc3)CC2)c(C)n(CC)c1C. The Balaban J connectivity index is 1.72. The molecule has 1 saturated heterocycles. The van der Waals surface area contributed by atoms with Crippen LogP contribution < -0.4 is 4.90 Å². The predicted octanol–water partition coefficient (Wildman–Crippen LogP) is 3.37. The van der Waals surface area contributed by atoms with Gasteiger partial charge in [0.05, 0.1) is 12.2 Å². The molecule has 1 amide bonds. The molecule has 0 aliphatic carbocycles. The van der Waals surface area contributed by atoms with Gasteiger partial charge in [-0.2, -0.15) is 0 Å². The third kappa shape index (κ3) is 4.76. The number of benzene rings is 1. The Morgan fingerprint density at radius 1 is 1.03 bits per heavy atom. The number of amides is 1. The average Bonchev–Trinajstić information content (AvgIpc) is 3.01. The summed E-state index contributed by atoms with van der Waals surface area (Å²) in [5, 5.41) is 9.45. The molecular weight excluding hydrogens is 394 g/mol. The van der Waals surface area contributed by atoms with E-state index in [2.05, 4.69) is 9.47 Å². The molecule has 166 valence electrons. The van der Waals surface area contributed by atoms with Crippen LogP contribution in [0.5, 0.6) is 5.75 Å². The van der Waals surface area contributed by atoms with E-state index in [-0.39, 0.29) is 17.6 Å². The van der Waals surface area contributed by atoms with E-state index in [9.17, 15) is 14.7 Å². The first-order valence-electron chi connectivity index (χ1n) is 10.7. The van der Waals surface area contributed by atoms with Gasteiger partial charge in [0.25, 0.3) is 0 Å². The van der Waals surface area contributed by atoms with Crippen LogP contribution in [-0.2, 0) is 16.1 Å². The Morgan fingerprint density at radius 3 is 2.26 bits per heavy atom. The normalized spacial score (nSPS) is 14.3. The second-order valence-corrected chi connectivity index (χ2v) is 7.59. The fourth-order valence-electron chi connectivity index (χ4n) is 4.16. The summed E-state index contributed by atoms with van der Waals surface area (Å²) in [4.78, 5) is 29.3. The number of phenols is 1. The molecule has 0 atom stereocenters. The van der Waals surface area contributed by atoms with Crippen molar-refractivity contribution in [1.29, 1.82) is 0 Å². The second kappa shape index (κ2) is 9.73. The van der Waals surface area contributed by atoms with Crippen molar-refractivity contribution in [2.24, 2.45) is 0 Å². The highest BCUT2D eigenvalue weighted by Gasteiger charge is 2.23. The number of ether oxygens (including phenoxy) is 1. The van der Waals surface area contributed by atoms with E-state index in [1.165, 1.54) is 0 Å². The maximum Gasteiger partial charge on any atom is 0.340 e.